The smallest absolute Gasteiger partial charge is 0.193 e. The first-order valence-electron chi connectivity index (χ1n) is 7.60. The quantitative estimate of drug-likeness (QED) is 0.662. The molecule has 1 saturated heterocycles. The van der Waals surface area contributed by atoms with Gasteiger partial charge in [0, 0.05) is 38.2 Å². The summed E-state index contributed by atoms with van der Waals surface area (Å²) in [6.45, 7) is 10.1. The number of nitrogens with zero attached hydrogens (tertiary/aromatic N) is 3. The van der Waals surface area contributed by atoms with E-state index in [4.69, 9.17) is 14.3 Å². The summed E-state index contributed by atoms with van der Waals surface area (Å²) in [5, 5.41) is 7.32. The highest BCUT2D eigenvalue weighted by Gasteiger charge is 2.19. The van der Waals surface area contributed by atoms with Crippen LogP contribution in [0.15, 0.2) is 9.52 Å². The summed E-state index contributed by atoms with van der Waals surface area (Å²) in [6.07, 6.45) is 1.13. The van der Waals surface area contributed by atoms with Gasteiger partial charge in [-0.1, -0.05) is 5.16 Å². The van der Waals surface area contributed by atoms with Gasteiger partial charge in [-0.15, -0.1) is 0 Å². The molecule has 0 radical (unpaired) electrons. The second kappa shape index (κ2) is 7.45. The number of aryl methyl sites for hydroxylation is 2. The van der Waals surface area contributed by atoms with Gasteiger partial charge >= 0.3 is 0 Å². The van der Waals surface area contributed by atoms with Gasteiger partial charge in [0.05, 0.1) is 18.8 Å². The van der Waals surface area contributed by atoms with Crippen LogP contribution in [-0.4, -0.2) is 49.4 Å². The molecule has 1 unspecified atom stereocenters. The zero-order valence-electron chi connectivity index (χ0n) is 13.5. The van der Waals surface area contributed by atoms with Gasteiger partial charge in [0.2, 0.25) is 0 Å². The Balaban J connectivity index is 2.00. The Morgan fingerprint density at radius 3 is 2.86 bits per heavy atom. The normalized spacial score (nSPS) is 19.0. The van der Waals surface area contributed by atoms with E-state index < -0.39 is 0 Å². The average molecular weight is 294 g/mol. The summed E-state index contributed by atoms with van der Waals surface area (Å²) in [7, 11) is 2.08. The Morgan fingerprint density at radius 2 is 2.29 bits per heavy atom. The molecule has 2 rings (SSSR count). The number of guanidine groups is 1. The lowest BCUT2D eigenvalue weighted by Crippen LogP contribution is -2.41. The summed E-state index contributed by atoms with van der Waals surface area (Å²) in [4.78, 5) is 6.89. The molecule has 0 saturated carbocycles. The standard InChI is InChI=1S/C15H26N4O2/c1-5-16-15(19(4)9-13-6-7-20-10-13)17-8-14-11(2)18-21-12(14)3/h13H,5-10H2,1-4H3,(H,16,17). The summed E-state index contributed by atoms with van der Waals surface area (Å²) >= 11 is 0. The minimum atomic E-state index is 0.592. The maximum absolute atomic E-state index is 5.44. The topological polar surface area (TPSA) is 62.9 Å². The number of hydrogen-bond donors (Lipinski definition) is 1. The molecule has 1 N–H and O–H groups in total. The molecule has 21 heavy (non-hydrogen) atoms. The van der Waals surface area contributed by atoms with Crippen molar-refractivity contribution in [3.05, 3.63) is 17.0 Å². The largest absolute Gasteiger partial charge is 0.381 e. The summed E-state index contributed by atoms with van der Waals surface area (Å²) in [6, 6.07) is 0. The van der Waals surface area contributed by atoms with E-state index in [1.165, 1.54) is 0 Å². The van der Waals surface area contributed by atoms with Crippen molar-refractivity contribution in [1.29, 1.82) is 0 Å². The van der Waals surface area contributed by atoms with E-state index in [0.717, 1.165) is 55.7 Å². The molecule has 6 nitrogen and oxygen atoms in total. The van der Waals surface area contributed by atoms with E-state index in [9.17, 15) is 0 Å². The third-order valence-corrected chi connectivity index (χ3v) is 3.82. The fraction of sp³-hybridized carbons (Fsp3) is 0.733. The monoisotopic (exact) mass is 294 g/mol. The molecule has 1 aromatic heterocycles. The van der Waals surface area contributed by atoms with Crippen LogP contribution < -0.4 is 5.32 Å². The van der Waals surface area contributed by atoms with Gasteiger partial charge in [-0.3, -0.25) is 0 Å². The molecule has 0 spiro atoms. The average Bonchev–Trinajstić information content (AvgIpc) is 3.06. The molecule has 0 aromatic carbocycles. The second-order valence-electron chi connectivity index (χ2n) is 5.58. The number of aromatic nitrogens is 1. The molecule has 6 heteroatoms. The molecule has 1 fully saturated rings. The summed E-state index contributed by atoms with van der Waals surface area (Å²) < 4.78 is 10.6. The summed E-state index contributed by atoms with van der Waals surface area (Å²) in [5.74, 6) is 2.36. The van der Waals surface area contributed by atoms with E-state index in [2.05, 4.69) is 29.3 Å². The molecule has 1 aromatic rings. The van der Waals surface area contributed by atoms with E-state index in [1.54, 1.807) is 0 Å². The summed E-state index contributed by atoms with van der Waals surface area (Å²) in [5.41, 5.74) is 1.99. The third kappa shape index (κ3) is 4.20. The maximum atomic E-state index is 5.44. The van der Waals surface area contributed by atoms with Crippen LogP contribution in [0.1, 0.15) is 30.4 Å². The van der Waals surface area contributed by atoms with Gasteiger partial charge in [0.1, 0.15) is 5.76 Å². The van der Waals surface area contributed by atoms with Crippen molar-refractivity contribution in [2.45, 2.75) is 33.7 Å². The first-order valence-corrected chi connectivity index (χ1v) is 7.60. The number of hydrogen-bond acceptors (Lipinski definition) is 4. The lowest BCUT2D eigenvalue weighted by molar-refractivity contribution is 0.181. The van der Waals surface area contributed by atoms with Crippen molar-refractivity contribution in [2.75, 3.05) is 33.4 Å². The molecule has 2 heterocycles. The van der Waals surface area contributed by atoms with Crippen LogP contribution in [0.4, 0.5) is 0 Å². The number of aliphatic imine (C=N–C) groups is 1. The van der Waals surface area contributed by atoms with E-state index in [1.807, 2.05) is 13.8 Å². The Hall–Kier alpha value is -1.56. The Bertz CT molecular complexity index is 459. The molecular weight excluding hydrogens is 268 g/mol. The van der Waals surface area contributed by atoms with Gasteiger partial charge in [-0.05, 0) is 27.2 Å². The van der Waals surface area contributed by atoms with Crippen LogP contribution in [0.25, 0.3) is 0 Å². The van der Waals surface area contributed by atoms with Crippen molar-refractivity contribution < 1.29 is 9.26 Å². The molecule has 0 aliphatic carbocycles. The van der Waals surface area contributed by atoms with Crippen molar-refractivity contribution in [3.63, 3.8) is 0 Å². The number of ether oxygens (including phenoxy) is 1. The van der Waals surface area contributed by atoms with Gasteiger partial charge < -0.3 is 19.5 Å². The molecule has 0 bridgehead atoms. The van der Waals surface area contributed by atoms with Crippen molar-refractivity contribution in [2.24, 2.45) is 10.9 Å². The number of nitrogens with one attached hydrogen (secondary N) is 1. The van der Waals surface area contributed by atoms with E-state index >= 15 is 0 Å². The zero-order valence-corrected chi connectivity index (χ0v) is 13.5. The minimum absolute atomic E-state index is 0.592. The highest BCUT2D eigenvalue weighted by molar-refractivity contribution is 5.79. The molecule has 118 valence electrons. The lowest BCUT2D eigenvalue weighted by atomic mass is 10.1. The Kier molecular flexibility index (Phi) is 5.61. The predicted octanol–water partition coefficient (Wildman–Crippen LogP) is 1.73. The highest BCUT2D eigenvalue weighted by Crippen LogP contribution is 2.15. The highest BCUT2D eigenvalue weighted by atomic mass is 16.5. The molecule has 1 aliphatic rings. The first kappa shape index (κ1) is 15.8. The van der Waals surface area contributed by atoms with Crippen molar-refractivity contribution in [1.82, 2.24) is 15.4 Å². The van der Waals surface area contributed by atoms with E-state index in [-0.39, 0.29) is 0 Å². The lowest BCUT2D eigenvalue weighted by Gasteiger charge is -2.24. The van der Waals surface area contributed by atoms with Crippen LogP contribution >= 0.6 is 0 Å². The van der Waals surface area contributed by atoms with Crippen LogP contribution in [0.2, 0.25) is 0 Å². The van der Waals surface area contributed by atoms with E-state index in [0.29, 0.717) is 12.5 Å². The van der Waals surface area contributed by atoms with Crippen molar-refractivity contribution >= 4 is 5.96 Å². The van der Waals surface area contributed by atoms with Crippen LogP contribution in [-0.2, 0) is 11.3 Å². The molecule has 1 aliphatic heterocycles. The molecular formula is C15H26N4O2. The Morgan fingerprint density at radius 1 is 1.48 bits per heavy atom. The van der Waals surface area contributed by atoms with Gasteiger partial charge in [0.15, 0.2) is 5.96 Å². The van der Waals surface area contributed by atoms with Crippen molar-refractivity contribution in [3.8, 4) is 0 Å². The van der Waals surface area contributed by atoms with Crippen LogP contribution in [0, 0.1) is 19.8 Å². The van der Waals surface area contributed by atoms with Crippen LogP contribution in [0.3, 0.4) is 0 Å². The first-order chi connectivity index (χ1) is 10.1. The fourth-order valence-electron chi connectivity index (χ4n) is 2.55. The number of rotatable bonds is 5. The minimum Gasteiger partial charge on any atom is -0.381 e. The molecule has 1 atom stereocenters. The van der Waals surface area contributed by atoms with Gasteiger partial charge in [-0.2, -0.15) is 0 Å². The Labute approximate surface area is 126 Å². The maximum Gasteiger partial charge on any atom is 0.193 e. The van der Waals surface area contributed by atoms with Gasteiger partial charge in [-0.25, -0.2) is 4.99 Å². The zero-order chi connectivity index (χ0) is 15.2. The predicted molar refractivity (Wildman–Crippen MR) is 82.3 cm³/mol. The fourth-order valence-corrected chi connectivity index (χ4v) is 2.55. The van der Waals surface area contributed by atoms with Gasteiger partial charge in [0.25, 0.3) is 0 Å². The molecule has 0 amide bonds. The second-order valence-corrected chi connectivity index (χ2v) is 5.58. The third-order valence-electron chi connectivity index (χ3n) is 3.82. The van der Waals surface area contributed by atoms with Crippen LogP contribution in [0.5, 0.6) is 0 Å². The SMILES string of the molecule is CCNC(=NCc1c(C)noc1C)N(C)CC1CCOC1.